The first-order valence-corrected chi connectivity index (χ1v) is 5.85. The SMILES string of the molecule is CC1CCC(c2c(O)c(O)c(O)c(O)c2O)NC1. The molecule has 1 aliphatic heterocycles. The zero-order valence-corrected chi connectivity index (χ0v) is 10.0. The number of phenolic OH excluding ortho intramolecular Hbond substituents is 5. The van der Waals surface area contributed by atoms with Crippen molar-refractivity contribution in [3.05, 3.63) is 5.56 Å². The second kappa shape index (κ2) is 4.45. The van der Waals surface area contributed by atoms with Crippen molar-refractivity contribution in [3.8, 4) is 28.7 Å². The summed E-state index contributed by atoms with van der Waals surface area (Å²) in [5.41, 5.74) is 0.0229. The third-order valence-corrected chi connectivity index (χ3v) is 3.42. The molecule has 6 nitrogen and oxygen atoms in total. The molecule has 18 heavy (non-hydrogen) atoms. The van der Waals surface area contributed by atoms with Crippen LogP contribution in [0.15, 0.2) is 0 Å². The van der Waals surface area contributed by atoms with E-state index in [-0.39, 0.29) is 11.6 Å². The van der Waals surface area contributed by atoms with Gasteiger partial charge in [0.15, 0.2) is 11.5 Å². The fraction of sp³-hybridized carbons (Fsp3) is 0.500. The Kier molecular flexibility index (Phi) is 3.13. The van der Waals surface area contributed by atoms with Crippen molar-refractivity contribution in [2.75, 3.05) is 6.54 Å². The van der Waals surface area contributed by atoms with Crippen molar-refractivity contribution in [1.29, 1.82) is 0 Å². The van der Waals surface area contributed by atoms with Crippen molar-refractivity contribution in [2.24, 2.45) is 5.92 Å². The Morgan fingerprint density at radius 3 is 1.78 bits per heavy atom. The van der Waals surface area contributed by atoms with E-state index in [1.807, 2.05) is 0 Å². The maximum atomic E-state index is 9.78. The molecule has 0 saturated carbocycles. The van der Waals surface area contributed by atoms with Crippen LogP contribution in [-0.2, 0) is 0 Å². The highest BCUT2D eigenvalue weighted by molar-refractivity contribution is 5.68. The van der Waals surface area contributed by atoms with E-state index >= 15 is 0 Å². The van der Waals surface area contributed by atoms with Gasteiger partial charge in [-0.1, -0.05) is 6.92 Å². The summed E-state index contributed by atoms with van der Waals surface area (Å²) < 4.78 is 0. The molecule has 0 amide bonds. The van der Waals surface area contributed by atoms with Crippen LogP contribution in [-0.4, -0.2) is 32.1 Å². The Hall–Kier alpha value is -1.82. The predicted octanol–water partition coefficient (Wildman–Crippen LogP) is 1.28. The smallest absolute Gasteiger partial charge is 0.208 e. The summed E-state index contributed by atoms with van der Waals surface area (Å²) in [6.07, 6.45) is 1.56. The van der Waals surface area contributed by atoms with Crippen LogP contribution in [0.5, 0.6) is 28.7 Å². The van der Waals surface area contributed by atoms with Crippen LogP contribution in [0.2, 0.25) is 0 Å². The predicted molar refractivity (Wildman–Crippen MR) is 63.9 cm³/mol. The van der Waals surface area contributed by atoms with Crippen molar-refractivity contribution >= 4 is 0 Å². The number of phenols is 5. The molecule has 1 heterocycles. The fourth-order valence-electron chi connectivity index (χ4n) is 2.28. The number of hydrogen-bond acceptors (Lipinski definition) is 6. The van der Waals surface area contributed by atoms with Crippen LogP contribution in [0.4, 0.5) is 0 Å². The molecule has 2 unspecified atom stereocenters. The summed E-state index contributed by atoms with van der Waals surface area (Å²) in [5.74, 6) is -3.27. The van der Waals surface area contributed by atoms with E-state index in [0.717, 1.165) is 6.42 Å². The lowest BCUT2D eigenvalue weighted by molar-refractivity contribution is 0.294. The minimum Gasteiger partial charge on any atom is -0.504 e. The molecule has 0 spiro atoms. The van der Waals surface area contributed by atoms with Gasteiger partial charge in [0.2, 0.25) is 17.2 Å². The molecule has 0 aromatic heterocycles. The van der Waals surface area contributed by atoms with E-state index < -0.39 is 28.7 Å². The average molecular weight is 255 g/mol. The average Bonchev–Trinajstić information content (AvgIpc) is 2.36. The minimum atomic E-state index is -0.919. The van der Waals surface area contributed by atoms with Crippen LogP contribution in [0.25, 0.3) is 0 Å². The van der Waals surface area contributed by atoms with Crippen LogP contribution in [0.1, 0.15) is 31.4 Å². The zero-order valence-electron chi connectivity index (χ0n) is 10.0. The largest absolute Gasteiger partial charge is 0.504 e. The van der Waals surface area contributed by atoms with E-state index in [0.29, 0.717) is 18.9 Å². The molecule has 1 aromatic carbocycles. The Morgan fingerprint density at radius 1 is 0.833 bits per heavy atom. The molecule has 0 radical (unpaired) electrons. The molecule has 0 aliphatic carbocycles. The second-order valence-corrected chi connectivity index (χ2v) is 4.80. The molecule has 2 rings (SSSR count). The summed E-state index contributed by atoms with van der Waals surface area (Å²) in [7, 11) is 0. The third-order valence-electron chi connectivity index (χ3n) is 3.42. The maximum absolute atomic E-state index is 9.78. The van der Waals surface area contributed by atoms with Crippen LogP contribution in [0.3, 0.4) is 0 Å². The maximum Gasteiger partial charge on any atom is 0.208 e. The van der Waals surface area contributed by atoms with E-state index in [2.05, 4.69) is 12.2 Å². The topological polar surface area (TPSA) is 113 Å². The highest BCUT2D eigenvalue weighted by Gasteiger charge is 2.30. The quantitative estimate of drug-likeness (QED) is 0.333. The lowest BCUT2D eigenvalue weighted by Crippen LogP contribution is -2.31. The summed E-state index contributed by atoms with van der Waals surface area (Å²) in [5, 5.41) is 50.9. The number of rotatable bonds is 1. The summed E-state index contributed by atoms with van der Waals surface area (Å²) in [4.78, 5) is 0. The van der Waals surface area contributed by atoms with Gasteiger partial charge in [0, 0.05) is 6.04 Å². The number of aromatic hydroxyl groups is 5. The van der Waals surface area contributed by atoms with Crippen molar-refractivity contribution < 1.29 is 25.5 Å². The first kappa shape index (κ1) is 12.6. The van der Waals surface area contributed by atoms with Gasteiger partial charge in [-0.3, -0.25) is 0 Å². The van der Waals surface area contributed by atoms with Gasteiger partial charge < -0.3 is 30.8 Å². The van der Waals surface area contributed by atoms with Gasteiger partial charge in [0.05, 0.1) is 5.56 Å². The van der Waals surface area contributed by atoms with Crippen molar-refractivity contribution in [1.82, 2.24) is 5.32 Å². The van der Waals surface area contributed by atoms with E-state index in [4.69, 9.17) is 0 Å². The molecule has 2 atom stereocenters. The van der Waals surface area contributed by atoms with Gasteiger partial charge in [-0.25, -0.2) is 0 Å². The van der Waals surface area contributed by atoms with Crippen LogP contribution in [0, 0.1) is 5.92 Å². The van der Waals surface area contributed by atoms with Crippen LogP contribution < -0.4 is 5.32 Å². The highest BCUT2D eigenvalue weighted by Crippen LogP contribution is 2.53. The summed E-state index contributed by atoms with van der Waals surface area (Å²) in [6.45, 7) is 2.79. The summed E-state index contributed by atoms with van der Waals surface area (Å²) >= 11 is 0. The number of benzene rings is 1. The molecule has 0 bridgehead atoms. The van der Waals surface area contributed by atoms with E-state index in [1.165, 1.54) is 0 Å². The van der Waals surface area contributed by atoms with E-state index in [9.17, 15) is 25.5 Å². The Labute approximate surface area is 104 Å². The van der Waals surface area contributed by atoms with Crippen molar-refractivity contribution in [2.45, 2.75) is 25.8 Å². The molecule has 1 aliphatic rings. The van der Waals surface area contributed by atoms with Gasteiger partial charge in [-0.2, -0.15) is 0 Å². The first-order chi connectivity index (χ1) is 8.43. The standard InChI is InChI=1S/C12H17NO5/c1-5-2-3-6(13-4-5)7-8(14)10(16)12(18)11(17)9(7)15/h5-6,13-18H,2-4H2,1H3. The third kappa shape index (κ3) is 1.88. The number of nitrogens with one attached hydrogen (secondary N) is 1. The van der Waals surface area contributed by atoms with Gasteiger partial charge in [0.1, 0.15) is 0 Å². The van der Waals surface area contributed by atoms with Gasteiger partial charge in [-0.15, -0.1) is 0 Å². The first-order valence-electron chi connectivity index (χ1n) is 5.85. The van der Waals surface area contributed by atoms with Gasteiger partial charge >= 0.3 is 0 Å². The Bertz CT molecular complexity index is 437. The molecule has 1 aromatic rings. The molecule has 100 valence electrons. The molecule has 6 heteroatoms. The normalized spacial score (nSPS) is 24.1. The van der Waals surface area contributed by atoms with Gasteiger partial charge in [0.25, 0.3) is 0 Å². The molecule has 1 saturated heterocycles. The van der Waals surface area contributed by atoms with Crippen molar-refractivity contribution in [3.63, 3.8) is 0 Å². The number of hydrogen-bond donors (Lipinski definition) is 6. The molecule has 6 N–H and O–H groups in total. The Morgan fingerprint density at radius 2 is 1.33 bits per heavy atom. The second-order valence-electron chi connectivity index (χ2n) is 4.80. The minimum absolute atomic E-state index is 0.0229. The zero-order chi connectivity index (χ0) is 13.4. The lowest BCUT2D eigenvalue weighted by atomic mass is 9.90. The fourth-order valence-corrected chi connectivity index (χ4v) is 2.28. The van der Waals surface area contributed by atoms with E-state index in [1.54, 1.807) is 0 Å². The number of piperidine rings is 1. The van der Waals surface area contributed by atoms with Crippen LogP contribution >= 0.6 is 0 Å². The Balaban J connectivity index is 2.45. The molecule has 1 fully saturated rings. The lowest BCUT2D eigenvalue weighted by Gasteiger charge is -2.29. The molecular formula is C12H17NO5. The van der Waals surface area contributed by atoms with Gasteiger partial charge in [-0.05, 0) is 25.3 Å². The molecular weight excluding hydrogens is 238 g/mol. The highest BCUT2D eigenvalue weighted by atomic mass is 16.4. The monoisotopic (exact) mass is 255 g/mol. The summed E-state index contributed by atoms with van der Waals surface area (Å²) in [6, 6.07) is -0.362.